The molecule has 0 amide bonds. The smallest absolute Gasteiger partial charge is 0.222 e. The van der Waals surface area contributed by atoms with Crippen LogP contribution in [0.5, 0.6) is 0 Å². The van der Waals surface area contributed by atoms with Crippen LogP contribution in [0.1, 0.15) is 6.92 Å². The largest absolute Gasteiger partial charge is 0.394 e. The molecule has 0 fully saturated rings. The number of ketones is 2. The van der Waals surface area contributed by atoms with Crippen LogP contribution in [0.3, 0.4) is 0 Å². The van der Waals surface area contributed by atoms with Crippen LogP contribution in [-0.4, -0.2) is 63.0 Å². The van der Waals surface area contributed by atoms with Crippen molar-refractivity contribution in [3.05, 3.63) is 12.2 Å². The third-order valence-corrected chi connectivity index (χ3v) is 2.16. The third-order valence-electron chi connectivity index (χ3n) is 2.16. The Bertz CT molecular complexity index is 303. The Kier molecular flexibility index (Phi) is 6.78. The Balaban J connectivity index is 4.64. The maximum Gasteiger partial charge on any atom is 0.222 e. The van der Waals surface area contributed by atoms with E-state index >= 15 is 0 Å². The van der Waals surface area contributed by atoms with Gasteiger partial charge in [0, 0.05) is 0 Å². The summed E-state index contributed by atoms with van der Waals surface area (Å²) in [6.07, 6.45) is -2.97. The van der Waals surface area contributed by atoms with Crippen molar-refractivity contribution in [3.63, 3.8) is 0 Å². The second-order valence-corrected chi connectivity index (χ2v) is 3.49. The van der Waals surface area contributed by atoms with Crippen LogP contribution in [0.4, 0.5) is 0 Å². The quantitative estimate of drug-likeness (QED) is 0.240. The van der Waals surface area contributed by atoms with Crippen molar-refractivity contribution >= 4 is 11.6 Å². The molecule has 0 aliphatic heterocycles. The van der Waals surface area contributed by atoms with Gasteiger partial charge in [-0.15, -0.1) is 0 Å². The maximum absolute atomic E-state index is 11.3. The zero-order valence-corrected chi connectivity index (χ0v) is 9.35. The van der Waals surface area contributed by atoms with E-state index in [0.717, 1.165) is 6.08 Å². The lowest BCUT2D eigenvalue weighted by Gasteiger charge is -2.24. The molecule has 0 saturated carbocycles. The van der Waals surface area contributed by atoms with Gasteiger partial charge >= 0.3 is 0 Å². The molecule has 7 nitrogen and oxygen atoms in total. The summed E-state index contributed by atoms with van der Waals surface area (Å²) < 4.78 is 0. The normalized spacial score (nSPS) is 18.7. The van der Waals surface area contributed by atoms with Gasteiger partial charge in [-0.1, -0.05) is 6.08 Å². The summed E-state index contributed by atoms with van der Waals surface area (Å²) in [4.78, 5) is 22.5. The second kappa shape index (κ2) is 7.25. The monoisotopic (exact) mass is 247 g/mol. The van der Waals surface area contributed by atoms with E-state index in [1.807, 2.05) is 0 Å². The van der Waals surface area contributed by atoms with Gasteiger partial charge in [0.05, 0.1) is 6.61 Å². The summed E-state index contributed by atoms with van der Waals surface area (Å²) in [5, 5.41) is 36.3. The number of hydrogen-bond acceptors (Lipinski definition) is 7. The number of hydrogen-bond donors (Lipinski definition) is 5. The summed E-state index contributed by atoms with van der Waals surface area (Å²) in [5.41, 5.74) is 5.28. The van der Waals surface area contributed by atoms with E-state index in [1.165, 1.54) is 13.0 Å². The average Bonchev–Trinajstić information content (AvgIpc) is 2.34. The van der Waals surface area contributed by atoms with Gasteiger partial charge in [0.25, 0.3) is 0 Å². The lowest BCUT2D eigenvalue weighted by Crippen LogP contribution is -2.54. The van der Waals surface area contributed by atoms with E-state index in [0.29, 0.717) is 0 Å². The molecule has 0 saturated heterocycles. The molecule has 0 spiro atoms. The first-order valence-electron chi connectivity index (χ1n) is 4.98. The summed E-state index contributed by atoms with van der Waals surface area (Å²) in [7, 11) is 0. The minimum Gasteiger partial charge on any atom is -0.394 e. The van der Waals surface area contributed by atoms with Gasteiger partial charge in [0.1, 0.15) is 24.4 Å². The summed E-state index contributed by atoms with van der Waals surface area (Å²) in [6.45, 7) is 0.722. The molecule has 0 aromatic rings. The second-order valence-electron chi connectivity index (χ2n) is 3.49. The molecule has 0 heterocycles. The Labute approximate surface area is 98.2 Å². The van der Waals surface area contributed by atoms with E-state index < -0.39 is 42.5 Å². The fourth-order valence-electron chi connectivity index (χ4n) is 1.10. The minimum absolute atomic E-state index is 0.804. The molecule has 0 rings (SSSR count). The lowest BCUT2D eigenvalue weighted by atomic mass is 9.96. The molecule has 7 heteroatoms. The number of allylic oxidation sites excluding steroid dienone is 2. The van der Waals surface area contributed by atoms with E-state index in [4.69, 9.17) is 15.9 Å². The van der Waals surface area contributed by atoms with E-state index in [-0.39, 0.29) is 0 Å². The fraction of sp³-hybridized carbons (Fsp3) is 0.600. The fourth-order valence-corrected chi connectivity index (χ4v) is 1.10. The van der Waals surface area contributed by atoms with Crippen LogP contribution >= 0.6 is 0 Å². The molecule has 0 unspecified atom stereocenters. The van der Waals surface area contributed by atoms with Crippen LogP contribution in [-0.2, 0) is 9.59 Å². The standard InChI is InChI=1S/C10H17NO6/c1-2-3-5(13)8(15)7(11)10(17)9(16)6(14)4-12/h2-3,6-7,9-10,12,14,16-17H,4,11H2,1H3/t6-,7+,9+,10-/m1/s1. The van der Waals surface area contributed by atoms with E-state index in [2.05, 4.69) is 0 Å². The number of aliphatic hydroxyl groups is 4. The van der Waals surface area contributed by atoms with Crippen molar-refractivity contribution in [2.45, 2.75) is 31.3 Å². The highest BCUT2D eigenvalue weighted by Gasteiger charge is 2.34. The van der Waals surface area contributed by atoms with Crippen molar-refractivity contribution in [2.24, 2.45) is 5.73 Å². The Morgan fingerprint density at radius 1 is 1.24 bits per heavy atom. The number of nitrogens with two attached hydrogens (primary N) is 1. The first kappa shape index (κ1) is 15.9. The number of aliphatic hydroxyl groups excluding tert-OH is 4. The molecule has 0 radical (unpaired) electrons. The summed E-state index contributed by atoms with van der Waals surface area (Å²) in [6, 6.07) is -1.66. The van der Waals surface area contributed by atoms with Gasteiger partial charge in [-0.2, -0.15) is 0 Å². The third kappa shape index (κ3) is 4.33. The first-order chi connectivity index (χ1) is 7.86. The van der Waals surface area contributed by atoms with E-state index in [9.17, 15) is 19.8 Å². The van der Waals surface area contributed by atoms with Crippen LogP contribution in [0.25, 0.3) is 0 Å². The Morgan fingerprint density at radius 2 is 1.76 bits per heavy atom. The van der Waals surface area contributed by atoms with Crippen LogP contribution < -0.4 is 5.73 Å². The zero-order valence-electron chi connectivity index (χ0n) is 9.35. The minimum atomic E-state index is -1.83. The van der Waals surface area contributed by atoms with Gasteiger partial charge in [0.2, 0.25) is 11.6 Å². The lowest BCUT2D eigenvalue weighted by molar-refractivity contribution is -0.139. The van der Waals surface area contributed by atoms with Crippen molar-refractivity contribution in [3.8, 4) is 0 Å². The van der Waals surface area contributed by atoms with Crippen molar-refractivity contribution in [2.75, 3.05) is 6.61 Å². The van der Waals surface area contributed by atoms with Gasteiger partial charge in [-0.3, -0.25) is 9.59 Å². The van der Waals surface area contributed by atoms with Crippen LogP contribution in [0.2, 0.25) is 0 Å². The van der Waals surface area contributed by atoms with Crippen molar-refractivity contribution < 1.29 is 30.0 Å². The highest BCUT2D eigenvalue weighted by Crippen LogP contribution is 2.05. The number of rotatable bonds is 7. The van der Waals surface area contributed by atoms with Gasteiger partial charge < -0.3 is 26.2 Å². The summed E-state index contributed by atoms with van der Waals surface area (Å²) >= 11 is 0. The topological polar surface area (TPSA) is 141 Å². The molecule has 0 aromatic carbocycles. The van der Waals surface area contributed by atoms with E-state index in [1.54, 1.807) is 0 Å². The molecule has 0 bridgehead atoms. The summed E-state index contributed by atoms with van der Waals surface area (Å²) in [5.74, 6) is -2.00. The Hall–Kier alpha value is -1.12. The van der Waals surface area contributed by atoms with Crippen molar-refractivity contribution in [1.82, 2.24) is 0 Å². The van der Waals surface area contributed by atoms with Crippen LogP contribution in [0.15, 0.2) is 12.2 Å². The molecule has 4 atom stereocenters. The molecule has 6 N–H and O–H groups in total. The Morgan fingerprint density at radius 3 is 2.18 bits per heavy atom. The highest BCUT2D eigenvalue weighted by molar-refractivity contribution is 6.43. The number of Topliss-reactive ketones (excluding diaryl/α,β-unsaturated/α-hetero) is 1. The number of carbonyl (C=O) groups is 2. The molecule has 17 heavy (non-hydrogen) atoms. The maximum atomic E-state index is 11.3. The first-order valence-corrected chi connectivity index (χ1v) is 4.98. The number of carbonyl (C=O) groups excluding carboxylic acids is 2. The van der Waals surface area contributed by atoms with Gasteiger partial charge in [0.15, 0.2) is 0 Å². The SMILES string of the molecule is CC=CC(=O)C(=O)[C@H](N)[C@@H](O)[C@@H](O)[C@H](O)CO. The average molecular weight is 247 g/mol. The predicted molar refractivity (Wildman–Crippen MR) is 57.9 cm³/mol. The molecule has 0 aliphatic carbocycles. The molecule has 0 aliphatic rings. The molecule has 0 aromatic heterocycles. The zero-order chi connectivity index (χ0) is 13.6. The van der Waals surface area contributed by atoms with Crippen LogP contribution in [0, 0.1) is 0 Å². The van der Waals surface area contributed by atoms with Gasteiger partial charge in [-0.05, 0) is 13.0 Å². The molecule has 98 valence electrons. The van der Waals surface area contributed by atoms with Gasteiger partial charge in [-0.25, -0.2) is 0 Å². The highest BCUT2D eigenvalue weighted by atomic mass is 16.4. The van der Waals surface area contributed by atoms with Crippen molar-refractivity contribution in [1.29, 1.82) is 0 Å². The predicted octanol–water partition coefficient (Wildman–Crippen LogP) is -2.90. The molecular formula is C10H17NO6. The molecular weight excluding hydrogens is 230 g/mol.